The van der Waals surface area contributed by atoms with E-state index in [1.807, 2.05) is 31.2 Å². The van der Waals surface area contributed by atoms with Gasteiger partial charge in [-0.2, -0.15) is 0 Å². The van der Waals surface area contributed by atoms with Gasteiger partial charge in [-0.25, -0.2) is 0 Å². The van der Waals surface area contributed by atoms with Gasteiger partial charge < -0.3 is 15.5 Å². The standard InChI is InChI=1S/C12H15N3O/c1-8-10(7-15-12(13)14-2)9-5-3-4-6-11(9)16-8/h3-6H,7H2,1-2H3,(H3,13,14,15). The van der Waals surface area contributed by atoms with Gasteiger partial charge in [0.15, 0.2) is 5.96 Å². The van der Waals surface area contributed by atoms with E-state index in [9.17, 15) is 0 Å². The molecule has 2 aromatic rings. The number of nitrogens with one attached hydrogen (secondary N) is 1. The Labute approximate surface area is 94.2 Å². The van der Waals surface area contributed by atoms with E-state index in [2.05, 4.69) is 10.3 Å². The Hall–Kier alpha value is -1.97. The van der Waals surface area contributed by atoms with Crippen LogP contribution in [0, 0.1) is 6.92 Å². The van der Waals surface area contributed by atoms with Crippen LogP contribution in [-0.4, -0.2) is 13.0 Å². The van der Waals surface area contributed by atoms with Gasteiger partial charge in [0.2, 0.25) is 0 Å². The van der Waals surface area contributed by atoms with E-state index in [1.165, 1.54) is 0 Å². The van der Waals surface area contributed by atoms with Crippen molar-refractivity contribution in [3.63, 3.8) is 0 Å². The van der Waals surface area contributed by atoms with E-state index in [1.54, 1.807) is 7.05 Å². The van der Waals surface area contributed by atoms with Crippen molar-refractivity contribution < 1.29 is 4.42 Å². The van der Waals surface area contributed by atoms with Crippen LogP contribution in [0.15, 0.2) is 33.7 Å². The number of guanidine groups is 1. The van der Waals surface area contributed by atoms with Crippen molar-refractivity contribution in [2.24, 2.45) is 10.7 Å². The lowest BCUT2D eigenvalue weighted by Crippen LogP contribution is -2.30. The van der Waals surface area contributed by atoms with E-state index in [0.29, 0.717) is 12.5 Å². The average molecular weight is 217 g/mol. The summed E-state index contributed by atoms with van der Waals surface area (Å²) in [6.45, 7) is 2.59. The van der Waals surface area contributed by atoms with Crippen molar-refractivity contribution in [2.45, 2.75) is 13.5 Å². The third-order valence-electron chi connectivity index (χ3n) is 2.59. The molecule has 4 nitrogen and oxygen atoms in total. The molecule has 1 aromatic carbocycles. The Kier molecular flexibility index (Phi) is 2.81. The van der Waals surface area contributed by atoms with Gasteiger partial charge in [0, 0.05) is 24.5 Å². The molecule has 1 heterocycles. The maximum Gasteiger partial charge on any atom is 0.188 e. The first-order chi connectivity index (χ1) is 7.72. The molecule has 0 aliphatic rings. The molecule has 0 fully saturated rings. The number of nitrogens with two attached hydrogens (primary N) is 1. The summed E-state index contributed by atoms with van der Waals surface area (Å²) in [7, 11) is 1.66. The largest absolute Gasteiger partial charge is 0.461 e. The lowest BCUT2D eigenvalue weighted by atomic mass is 10.1. The summed E-state index contributed by atoms with van der Waals surface area (Å²) in [5.74, 6) is 1.35. The van der Waals surface area contributed by atoms with Crippen LogP contribution in [0.1, 0.15) is 11.3 Å². The summed E-state index contributed by atoms with van der Waals surface area (Å²) in [6, 6.07) is 7.97. The average Bonchev–Trinajstić information content (AvgIpc) is 2.62. The number of aryl methyl sites for hydroxylation is 1. The van der Waals surface area contributed by atoms with Gasteiger partial charge in [0.05, 0.1) is 0 Å². The molecule has 0 aliphatic carbocycles. The highest BCUT2D eigenvalue weighted by Crippen LogP contribution is 2.24. The second-order valence-corrected chi connectivity index (χ2v) is 3.60. The summed E-state index contributed by atoms with van der Waals surface area (Å²) in [5, 5.41) is 4.16. The zero-order chi connectivity index (χ0) is 11.5. The molecule has 1 aromatic heterocycles. The molecule has 2 rings (SSSR count). The number of para-hydroxylation sites is 1. The number of hydrogen-bond donors (Lipinski definition) is 2. The maximum atomic E-state index is 5.64. The molecule has 0 unspecified atom stereocenters. The fourth-order valence-corrected chi connectivity index (χ4v) is 1.70. The highest BCUT2D eigenvalue weighted by atomic mass is 16.3. The minimum atomic E-state index is 0.435. The van der Waals surface area contributed by atoms with E-state index in [4.69, 9.17) is 10.2 Å². The Morgan fingerprint density at radius 3 is 2.94 bits per heavy atom. The van der Waals surface area contributed by atoms with Gasteiger partial charge >= 0.3 is 0 Å². The topological polar surface area (TPSA) is 63.5 Å². The smallest absolute Gasteiger partial charge is 0.188 e. The van der Waals surface area contributed by atoms with E-state index in [0.717, 1.165) is 22.3 Å². The van der Waals surface area contributed by atoms with Crippen molar-refractivity contribution in [1.82, 2.24) is 5.32 Å². The maximum absolute atomic E-state index is 5.64. The third kappa shape index (κ3) is 1.86. The van der Waals surface area contributed by atoms with Crippen LogP contribution in [0.3, 0.4) is 0 Å². The molecular formula is C12H15N3O. The Bertz CT molecular complexity index is 528. The first-order valence-corrected chi connectivity index (χ1v) is 5.15. The molecule has 4 heteroatoms. The molecule has 0 saturated heterocycles. The molecule has 0 amide bonds. The number of nitrogens with zero attached hydrogens (tertiary/aromatic N) is 1. The van der Waals surface area contributed by atoms with Crippen molar-refractivity contribution in [1.29, 1.82) is 0 Å². The second kappa shape index (κ2) is 4.26. The summed E-state index contributed by atoms with van der Waals surface area (Å²) in [6.07, 6.45) is 0. The Balaban J connectivity index is 2.33. The van der Waals surface area contributed by atoms with Crippen LogP contribution in [0.4, 0.5) is 0 Å². The SMILES string of the molecule is CN=C(N)NCc1c(C)oc2ccccc12. The van der Waals surface area contributed by atoms with Crippen LogP contribution in [0.5, 0.6) is 0 Å². The quantitative estimate of drug-likeness (QED) is 0.595. The van der Waals surface area contributed by atoms with Crippen LogP contribution in [0.25, 0.3) is 11.0 Å². The number of furan rings is 1. The van der Waals surface area contributed by atoms with Crippen LogP contribution in [0.2, 0.25) is 0 Å². The third-order valence-corrected chi connectivity index (χ3v) is 2.59. The molecular weight excluding hydrogens is 202 g/mol. The molecule has 16 heavy (non-hydrogen) atoms. The molecule has 0 atom stereocenters. The fraction of sp³-hybridized carbons (Fsp3) is 0.250. The van der Waals surface area contributed by atoms with Crippen molar-refractivity contribution in [3.05, 3.63) is 35.6 Å². The highest BCUT2D eigenvalue weighted by Gasteiger charge is 2.09. The Morgan fingerprint density at radius 1 is 1.44 bits per heavy atom. The normalized spacial score (nSPS) is 12.0. The van der Waals surface area contributed by atoms with Crippen molar-refractivity contribution in [2.75, 3.05) is 7.05 Å². The number of benzene rings is 1. The van der Waals surface area contributed by atoms with Gasteiger partial charge in [-0.05, 0) is 13.0 Å². The lowest BCUT2D eigenvalue weighted by molar-refractivity contribution is 0.570. The first-order valence-electron chi connectivity index (χ1n) is 5.15. The predicted octanol–water partition coefficient (Wildman–Crippen LogP) is 1.78. The van der Waals surface area contributed by atoms with E-state index in [-0.39, 0.29) is 0 Å². The zero-order valence-electron chi connectivity index (χ0n) is 9.45. The Morgan fingerprint density at radius 2 is 2.19 bits per heavy atom. The zero-order valence-corrected chi connectivity index (χ0v) is 9.45. The molecule has 0 bridgehead atoms. The molecule has 0 saturated carbocycles. The van der Waals surface area contributed by atoms with E-state index < -0.39 is 0 Å². The highest BCUT2D eigenvalue weighted by molar-refractivity contribution is 5.83. The van der Waals surface area contributed by atoms with Crippen molar-refractivity contribution >= 4 is 16.9 Å². The lowest BCUT2D eigenvalue weighted by Gasteiger charge is -2.03. The summed E-state index contributed by atoms with van der Waals surface area (Å²) >= 11 is 0. The molecule has 0 spiro atoms. The van der Waals surface area contributed by atoms with Crippen molar-refractivity contribution in [3.8, 4) is 0 Å². The van der Waals surface area contributed by atoms with Gasteiger partial charge in [-0.15, -0.1) is 0 Å². The number of fused-ring (bicyclic) bond motifs is 1. The van der Waals surface area contributed by atoms with Gasteiger partial charge in [-0.1, -0.05) is 18.2 Å². The summed E-state index contributed by atoms with van der Waals surface area (Å²) in [4.78, 5) is 3.85. The van der Waals surface area contributed by atoms with Gasteiger partial charge in [0.25, 0.3) is 0 Å². The molecule has 0 aliphatic heterocycles. The minimum absolute atomic E-state index is 0.435. The molecule has 0 radical (unpaired) electrons. The number of hydrogen-bond acceptors (Lipinski definition) is 2. The van der Waals surface area contributed by atoms with Gasteiger partial charge in [-0.3, -0.25) is 4.99 Å². The summed E-state index contributed by atoms with van der Waals surface area (Å²) in [5.41, 5.74) is 7.63. The monoisotopic (exact) mass is 217 g/mol. The summed E-state index contributed by atoms with van der Waals surface area (Å²) < 4.78 is 5.64. The van der Waals surface area contributed by atoms with Crippen LogP contribution >= 0.6 is 0 Å². The minimum Gasteiger partial charge on any atom is -0.461 e. The second-order valence-electron chi connectivity index (χ2n) is 3.60. The van der Waals surface area contributed by atoms with Gasteiger partial charge in [0.1, 0.15) is 11.3 Å². The molecule has 84 valence electrons. The number of aliphatic imine (C=N–C) groups is 1. The molecule has 3 N–H and O–H groups in total. The van der Waals surface area contributed by atoms with Crippen LogP contribution in [-0.2, 0) is 6.54 Å². The number of rotatable bonds is 2. The van der Waals surface area contributed by atoms with Crippen LogP contribution < -0.4 is 11.1 Å². The first kappa shape index (κ1) is 10.5. The predicted molar refractivity (Wildman–Crippen MR) is 65.3 cm³/mol. The fourth-order valence-electron chi connectivity index (χ4n) is 1.70. The van der Waals surface area contributed by atoms with E-state index >= 15 is 0 Å².